The van der Waals surface area contributed by atoms with Crippen molar-refractivity contribution in [3.63, 3.8) is 0 Å². The van der Waals surface area contributed by atoms with Crippen LogP contribution in [0, 0.1) is 0 Å². The fourth-order valence-electron chi connectivity index (χ4n) is 2.43. The lowest BCUT2D eigenvalue weighted by atomic mass is 10.0. The minimum atomic E-state index is -4.76. The molecular weight excluding hydrogens is 367 g/mol. The standard InChI is InChI=1S/C18H14F3NO3S/c19-18(20,21)25-13-7-5-12(6-8-13)17(23)22-11-14(15-3-1-9-24-15)16-4-2-10-26-16/h1-10,14H,11H2,(H,22,23)/t14-/m1/s1. The molecule has 4 nitrogen and oxygen atoms in total. The Labute approximate surface area is 151 Å². The summed E-state index contributed by atoms with van der Waals surface area (Å²) in [6.07, 6.45) is -3.20. The summed E-state index contributed by atoms with van der Waals surface area (Å²) >= 11 is 1.55. The van der Waals surface area contributed by atoms with Crippen molar-refractivity contribution in [1.82, 2.24) is 5.32 Å². The Bertz CT molecular complexity index is 793. The van der Waals surface area contributed by atoms with E-state index < -0.39 is 12.3 Å². The van der Waals surface area contributed by atoms with Crippen LogP contribution in [0.3, 0.4) is 0 Å². The van der Waals surface area contributed by atoms with Gasteiger partial charge < -0.3 is 14.5 Å². The largest absolute Gasteiger partial charge is 0.573 e. The Kier molecular flexibility index (Phi) is 5.32. The van der Waals surface area contributed by atoms with Crippen molar-refractivity contribution >= 4 is 17.2 Å². The lowest BCUT2D eigenvalue weighted by Gasteiger charge is -2.14. The van der Waals surface area contributed by atoms with Gasteiger partial charge in [-0.2, -0.15) is 0 Å². The molecule has 0 aliphatic rings. The highest BCUT2D eigenvalue weighted by molar-refractivity contribution is 7.10. The molecule has 0 aliphatic carbocycles. The van der Waals surface area contributed by atoms with Gasteiger partial charge in [0.05, 0.1) is 12.2 Å². The molecule has 0 bridgehead atoms. The number of furan rings is 1. The molecule has 8 heteroatoms. The summed E-state index contributed by atoms with van der Waals surface area (Å²) in [5, 5.41) is 4.72. The number of benzene rings is 1. The zero-order chi connectivity index (χ0) is 18.6. The van der Waals surface area contributed by atoms with E-state index in [0.29, 0.717) is 6.54 Å². The van der Waals surface area contributed by atoms with E-state index in [1.54, 1.807) is 23.7 Å². The second-order valence-corrected chi connectivity index (χ2v) is 6.34. The molecule has 0 radical (unpaired) electrons. The van der Waals surface area contributed by atoms with Crippen LogP contribution in [0.25, 0.3) is 0 Å². The van der Waals surface area contributed by atoms with Gasteiger partial charge >= 0.3 is 6.36 Å². The highest BCUT2D eigenvalue weighted by Crippen LogP contribution is 2.28. The molecule has 0 fully saturated rings. The van der Waals surface area contributed by atoms with E-state index in [0.717, 1.165) is 22.8 Å². The zero-order valence-corrected chi connectivity index (χ0v) is 14.1. The van der Waals surface area contributed by atoms with Gasteiger partial charge in [-0.1, -0.05) is 6.07 Å². The van der Waals surface area contributed by atoms with Crippen molar-refractivity contribution in [3.8, 4) is 5.75 Å². The molecule has 1 aromatic carbocycles. The summed E-state index contributed by atoms with van der Waals surface area (Å²) in [5.41, 5.74) is 0.240. The summed E-state index contributed by atoms with van der Waals surface area (Å²) in [6, 6.07) is 12.2. The van der Waals surface area contributed by atoms with Crippen LogP contribution < -0.4 is 10.1 Å². The smallest absolute Gasteiger partial charge is 0.469 e. The number of carbonyl (C=O) groups excluding carboxylic acids is 1. The number of thiophene rings is 1. The predicted octanol–water partition coefficient (Wildman–Crippen LogP) is 4.80. The summed E-state index contributed by atoms with van der Waals surface area (Å²) in [6.45, 7) is 0.299. The predicted molar refractivity (Wildman–Crippen MR) is 90.3 cm³/mol. The molecule has 1 N–H and O–H groups in total. The molecule has 0 unspecified atom stereocenters. The Morgan fingerprint density at radius 2 is 1.92 bits per heavy atom. The normalized spacial score (nSPS) is 12.6. The van der Waals surface area contributed by atoms with E-state index in [1.807, 2.05) is 23.6 Å². The van der Waals surface area contributed by atoms with Crippen molar-refractivity contribution in [3.05, 3.63) is 76.4 Å². The summed E-state index contributed by atoms with van der Waals surface area (Å²) in [5.74, 6) is -0.179. The highest BCUT2D eigenvalue weighted by atomic mass is 32.1. The number of rotatable bonds is 6. The molecule has 0 aliphatic heterocycles. The van der Waals surface area contributed by atoms with Crippen LogP contribution in [0.15, 0.2) is 64.6 Å². The maximum Gasteiger partial charge on any atom is 0.573 e. The van der Waals surface area contributed by atoms with Gasteiger partial charge in [-0.15, -0.1) is 24.5 Å². The molecule has 0 spiro atoms. The molecule has 0 saturated heterocycles. The summed E-state index contributed by atoms with van der Waals surface area (Å²) < 4.78 is 45.8. The summed E-state index contributed by atoms with van der Waals surface area (Å²) in [7, 11) is 0. The fraction of sp³-hybridized carbons (Fsp3) is 0.167. The molecular formula is C18H14F3NO3S. The van der Waals surface area contributed by atoms with Gasteiger partial charge in [-0.25, -0.2) is 0 Å². The fourth-order valence-corrected chi connectivity index (χ4v) is 3.26. The SMILES string of the molecule is O=C(NC[C@H](c1ccco1)c1cccs1)c1ccc(OC(F)(F)F)cc1. The third kappa shape index (κ3) is 4.66. The van der Waals surface area contributed by atoms with E-state index in [2.05, 4.69) is 10.1 Å². The number of carbonyl (C=O) groups is 1. The summed E-state index contributed by atoms with van der Waals surface area (Å²) in [4.78, 5) is 13.3. The van der Waals surface area contributed by atoms with Gasteiger partial charge in [-0.05, 0) is 47.8 Å². The molecule has 26 heavy (non-hydrogen) atoms. The van der Waals surface area contributed by atoms with Crippen molar-refractivity contribution < 1.29 is 27.1 Å². The first-order chi connectivity index (χ1) is 12.4. The van der Waals surface area contributed by atoms with Crippen molar-refractivity contribution in [2.24, 2.45) is 0 Å². The minimum absolute atomic E-state index is 0.137. The van der Waals surface area contributed by atoms with Gasteiger partial charge in [0.15, 0.2) is 0 Å². The number of alkyl halides is 3. The number of hydrogen-bond acceptors (Lipinski definition) is 4. The Morgan fingerprint density at radius 3 is 2.50 bits per heavy atom. The van der Waals surface area contributed by atoms with Crippen LogP contribution in [0.4, 0.5) is 13.2 Å². The van der Waals surface area contributed by atoms with Gasteiger partial charge in [0.1, 0.15) is 11.5 Å². The molecule has 3 aromatic rings. The first kappa shape index (κ1) is 18.1. The number of nitrogens with one attached hydrogen (secondary N) is 1. The van der Waals surface area contributed by atoms with Crippen LogP contribution in [0.1, 0.15) is 26.9 Å². The molecule has 2 heterocycles. The van der Waals surface area contributed by atoms with E-state index in [4.69, 9.17) is 4.42 Å². The number of halogens is 3. The first-order valence-corrected chi connectivity index (χ1v) is 8.51. The van der Waals surface area contributed by atoms with Crippen LogP contribution in [-0.4, -0.2) is 18.8 Å². The van der Waals surface area contributed by atoms with Gasteiger partial charge in [0, 0.05) is 17.0 Å². The van der Waals surface area contributed by atoms with E-state index in [1.165, 1.54) is 12.1 Å². The third-order valence-corrected chi connectivity index (χ3v) is 4.58. The molecule has 1 amide bonds. The Balaban J connectivity index is 1.65. The maximum atomic E-state index is 12.3. The minimum Gasteiger partial charge on any atom is -0.469 e. The lowest BCUT2D eigenvalue weighted by Crippen LogP contribution is -2.28. The van der Waals surface area contributed by atoms with Gasteiger partial charge in [-0.3, -0.25) is 4.79 Å². The molecule has 2 aromatic heterocycles. The van der Waals surface area contributed by atoms with Crippen molar-refractivity contribution in [1.29, 1.82) is 0 Å². The quantitative estimate of drug-likeness (QED) is 0.667. The lowest BCUT2D eigenvalue weighted by molar-refractivity contribution is -0.274. The number of ether oxygens (including phenoxy) is 1. The average Bonchev–Trinajstić information content (AvgIpc) is 3.28. The van der Waals surface area contributed by atoms with Crippen LogP contribution in [0.2, 0.25) is 0 Å². The molecule has 3 rings (SSSR count). The average molecular weight is 381 g/mol. The third-order valence-electron chi connectivity index (χ3n) is 3.59. The second-order valence-electron chi connectivity index (χ2n) is 5.37. The second kappa shape index (κ2) is 7.65. The zero-order valence-electron chi connectivity index (χ0n) is 13.3. The van der Waals surface area contributed by atoms with E-state index in [9.17, 15) is 18.0 Å². The van der Waals surface area contributed by atoms with Crippen LogP contribution in [0.5, 0.6) is 5.75 Å². The number of hydrogen-bond donors (Lipinski definition) is 1. The number of amides is 1. The highest BCUT2D eigenvalue weighted by Gasteiger charge is 2.31. The van der Waals surface area contributed by atoms with E-state index >= 15 is 0 Å². The first-order valence-electron chi connectivity index (χ1n) is 7.63. The molecule has 1 atom stereocenters. The van der Waals surface area contributed by atoms with Crippen molar-refractivity contribution in [2.75, 3.05) is 6.54 Å². The van der Waals surface area contributed by atoms with Gasteiger partial charge in [0.2, 0.25) is 0 Å². The topological polar surface area (TPSA) is 51.5 Å². The maximum absolute atomic E-state index is 12.3. The molecule has 0 saturated carbocycles. The van der Waals surface area contributed by atoms with Crippen LogP contribution in [-0.2, 0) is 0 Å². The Hall–Kier alpha value is -2.74. The van der Waals surface area contributed by atoms with E-state index in [-0.39, 0.29) is 17.2 Å². The monoisotopic (exact) mass is 381 g/mol. The van der Waals surface area contributed by atoms with Crippen molar-refractivity contribution in [2.45, 2.75) is 12.3 Å². The Morgan fingerprint density at radius 1 is 1.15 bits per heavy atom. The van der Waals surface area contributed by atoms with Gasteiger partial charge in [0.25, 0.3) is 5.91 Å². The molecule has 136 valence electrons. The van der Waals surface area contributed by atoms with Crippen LogP contribution >= 0.6 is 11.3 Å².